The third kappa shape index (κ3) is 31.9. The number of carbonyl (C=O) groups excluding carboxylic acids is 2. The third-order valence-corrected chi connectivity index (χ3v) is 11.8. The van der Waals surface area contributed by atoms with E-state index in [4.69, 9.17) is 18.9 Å². The van der Waals surface area contributed by atoms with Gasteiger partial charge in [0.2, 0.25) is 0 Å². The lowest BCUT2D eigenvalue weighted by Gasteiger charge is -2.40. The summed E-state index contributed by atoms with van der Waals surface area (Å²) in [4.78, 5) is 25.4. The number of allylic oxidation sites excluding steroid dienone is 4. The lowest BCUT2D eigenvalue weighted by Crippen LogP contribution is -2.60. The zero-order chi connectivity index (χ0) is 44.1. The van der Waals surface area contributed by atoms with Crippen molar-refractivity contribution in [1.29, 1.82) is 0 Å². The largest absolute Gasteiger partial charge is 0.462 e. The lowest BCUT2D eigenvalue weighted by atomic mass is 10.00. The molecule has 0 saturated carbocycles. The fourth-order valence-corrected chi connectivity index (χ4v) is 7.95. The maximum Gasteiger partial charge on any atom is 0.306 e. The van der Waals surface area contributed by atoms with Crippen LogP contribution < -0.4 is 0 Å². The summed E-state index contributed by atoms with van der Waals surface area (Å²) in [5.74, 6) is -1.98. The van der Waals surface area contributed by atoms with Crippen LogP contribution in [0.5, 0.6) is 0 Å². The minimum absolute atomic E-state index is 0.161. The predicted molar refractivity (Wildman–Crippen MR) is 238 cm³/mol. The average molecular weight is 875 g/mol. The van der Waals surface area contributed by atoms with E-state index in [1.54, 1.807) is 0 Å². The average Bonchev–Trinajstić information content (AvgIpc) is 3.21. The lowest BCUT2D eigenvalue weighted by molar-refractivity contribution is -0.297. The molecule has 1 aliphatic rings. The van der Waals surface area contributed by atoms with Crippen molar-refractivity contribution in [3.8, 4) is 0 Å². The summed E-state index contributed by atoms with van der Waals surface area (Å²) in [6.07, 6.45) is 32.1. The minimum atomic E-state index is -4.60. The van der Waals surface area contributed by atoms with Gasteiger partial charge in [-0.3, -0.25) is 14.1 Å². The number of rotatable bonds is 40. The van der Waals surface area contributed by atoms with E-state index < -0.39 is 71.2 Å². The molecule has 2 unspecified atom stereocenters. The van der Waals surface area contributed by atoms with Crippen LogP contribution in [0.3, 0.4) is 0 Å². The van der Waals surface area contributed by atoms with Gasteiger partial charge in [0.15, 0.2) is 12.4 Å². The molecule has 0 bridgehead atoms. The molecule has 6 atom stereocenters. The summed E-state index contributed by atoms with van der Waals surface area (Å²) in [5.41, 5.74) is 0. The minimum Gasteiger partial charge on any atom is -0.462 e. The summed E-state index contributed by atoms with van der Waals surface area (Å²) < 4.78 is 54.1. The first kappa shape index (κ1) is 56.1. The molecule has 0 aromatic heterocycles. The zero-order valence-corrected chi connectivity index (χ0v) is 38.4. The molecule has 1 fully saturated rings. The van der Waals surface area contributed by atoms with Crippen molar-refractivity contribution in [2.75, 3.05) is 19.0 Å². The van der Waals surface area contributed by atoms with Gasteiger partial charge in [0.25, 0.3) is 10.1 Å². The summed E-state index contributed by atoms with van der Waals surface area (Å²) in [5, 5.41) is 30.9. The molecule has 0 amide bonds. The van der Waals surface area contributed by atoms with Crippen molar-refractivity contribution >= 4 is 22.1 Å². The van der Waals surface area contributed by atoms with E-state index in [1.807, 2.05) is 0 Å². The van der Waals surface area contributed by atoms with Crippen LogP contribution in [0.2, 0.25) is 0 Å². The van der Waals surface area contributed by atoms with E-state index in [2.05, 4.69) is 38.2 Å². The monoisotopic (exact) mass is 875 g/mol. The molecule has 0 radical (unpaired) electrons. The van der Waals surface area contributed by atoms with E-state index in [0.717, 1.165) is 51.4 Å². The number of ether oxygens (including phenoxy) is 4. The van der Waals surface area contributed by atoms with Crippen LogP contribution in [0.1, 0.15) is 206 Å². The molecule has 0 aromatic carbocycles. The van der Waals surface area contributed by atoms with Gasteiger partial charge in [-0.05, 0) is 64.2 Å². The number of unbranched alkanes of at least 4 members (excludes halogenated alkanes) is 24. The second-order valence-corrected chi connectivity index (χ2v) is 18.3. The van der Waals surface area contributed by atoms with Crippen LogP contribution in [0, 0.1) is 0 Å². The molecule has 1 heterocycles. The standard InChI is InChI=1S/C47H86O12S/c1-3-5-7-9-11-13-15-17-19-20-22-23-25-27-29-31-33-35-42(48)56-37-40(38-57-47-46(52)45(51)44(50)41(59-47)39-60(53,54)55)58-43(49)36-34-32-30-28-26-24-21-18-16-14-12-10-8-6-4-2/h13-16,40-41,44-47,50-52H,3-12,17-39H2,1-2H3,(H,53,54,55)/b15-13+,16-14+/t40-,41-,44-,45?,46?,47+/m1/s1. The molecule has 4 N–H and O–H groups in total. The first-order chi connectivity index (χ1) is 29.0. The molecule has 1 saturated heterocycles. The Labute approximate surface area is 364 Å². The van der Waals surface area contributed by atoms with Gasteiger partial charge >= 0.3 is 11.9 Å². The van der Waals surface area contributed by atoms with Crippen LogP contribution in [0.15, 0.2) is 24.3 Å². The molecule has 0 spiro atoms. The maximum atomic E-state index is 12.8. The van der Waals surface area contributed by atoms with E-state index in [-0.39, 0.29) is 19.4 Å². The van der Waals surface area contributed by atoms with E-state index in [1.165, 1.54) is 116 Å². The smallest absolute Gasteiger partial charge is 0.306 e. The Morgan fingerprint density at radius 1 is 0.550 bits per heavy atom. The van der Waals surface area contributed by atoms with Crippen LogP contribution in [0.25, 0.3) is 0 Å². The number of carbonyl (C=O) groups is 2. The van der Waals surface area contributed by atoms with Gasteiger partial charge in [0.1, 0.15) is 36.8 Å². The Kier molecular flexibility index (Phi) is 35.2. The number of esters is 2. The molecule has 12 nitrogen and oxygen atoms in total. The summed E-state index contributed by atoms with van der Waals surface area (Å²) in [6.45, 7) is 3.74. The topological polar surface area (TPSA) is 186 Å². The van der Waals surface area contributed by atoms with Crippen molar-refractivity contribution in [1.82, 2.24) is 0 Å². The van der Waals surface area contributed by atoms with Crippen molar-refractivity contribution < 1.29 is 56.8 Å². The highest BCUT2D eigenvalue weighted by molar-refractivity contribution is 7.85. The van der Waals surface area contributed by atoms with Gasteiger partial charge in [-0.25, -0.2) is 0 Å². The van der Waals surface area contributed by atoms with Gasteiger partial charge in [-0.1, -0.05) is 154 Å². The van der Waals surface area contributed by atoms with Gasteiger partial charge in [-0.2, -0.15) is 8.42 Å². The SMILES string of the molecule is CCCCCC/C=C/CCCCCCCCCCCC(=O)OC[C@H](CO[C@H]1O[C@H](CS(=O)(=O)O)[C@@H](O)C(O)C1O)OC(=O)CCCCCCCCC/C=C/CCCCCC. The van der Waals surface area contributed by atoms with Gasteiger partial charge in [0, 0.05) is 12.8 Å². The van der Waals surface area contributed by atoms with Crippen molar-refractivity contribution in [2.45, 2.75) is 243 Å². The van der Waals surface area contributed by atoms with Gasteiger partial charge in [-0.15, -0.1) is 0 Å². The molecule has 1 aliphatic heterocycles. The van der Waals surface area contributed by atoms with Crippen molar-refractivity contribution in [2.24, 2.45) is 0 Å². The zero-order valence-electron chi connectivity index (χ0n) is 37.6. The van der Waals surface area contributed by atoms with Gasteiger partial charge in [0.05, 0.1) is 6.61 Å². The Bertz CT molecular complexity index is 1210. The fraction of sp³-hybridized carbons (Fsp3) is 0.872. The van der Waals surface area contributed by atoms with Crippen LogP contribution in [-0.4, -0.2) is 96.0 Å². The predicted octanol–water partition coefficient (Wildman–Crippen LogP) is 10.0. The van der Waals surface area contributed by atoms with Gasteiger partial charge < -0.3 is 34.3 Å². The molecule has 1 rings (SSSR count). The Morgan fingerprint density at radius 2 is 0.950 bits per heavy atom. The second kappa shape index (κ2) is 37.7. The number of hydrogen-bond donors (Lipinski definition) is 4. The van der Waals surface area contributed by atoms with Crippen LogP contribution in [0.4, 0.5) is 0 Å². The molecule has 0 aromatic rings. The second-order valence-electron chi connectivity index (χ2n) is 16.8. The molecule has 0 aliphatic carbocycles. The van der Waals surface area contributed by atoms with E-state index in [0.29, 0.717) is 12.8 Å². The summed E-state index contributed by atoms with van der Waals surface area (Å²) in [7, 11) is -4.60. The molecular weight excluding hydrogens is 789 g/mol. The molecule has 60 heavy (non-hydrogen) atoms. The maximum absolute atomic E-state index is 12.8. The first-order valence-corrected chi connectivity index (χ1v) is 25.5. The molecule has 13 heteroatoms. The summed E-state index contributed by atoms with van der Waals surface area (Å²) >= 11 is 0. The highest BCUT2D eigenvalue weighted by Gasteiger charge is 2.46. The Hall–Kier alpha value is -1.87. The van der Waals surface area contributed by atoms with E-state index in [9.17, 15) is 37.9 Å². The van der Waals surface area contributed by atoms with Crippen molar-refractivity contribution in [3.63, 3.8) is 0 Å². The fourth-order valence-electron chi connectivity index (χ4n) is 7.25. The first-order valence-electron chi connectivity index (χ1n) is 23.9. The highest BCUT2D eigenvalue weighted by atomic mass is 32.2. The summed E-state index contributed by atoms with van der Waals surface area (Å²) in [6, 6.07) is 0. The van der Waals surface area contributed by atoms with Crippen LogP contribution in [-0.2, 0) is 38.7 Å². The Balaban J connectivity index is 2.41. The number of hydrogen-bond acceptors (Lipinski definition) is 11. The number of aliphatic hydroxyl groups is 3. The van der Waals surface area contributed by atoms with Crippen molar-refractivity contribution in [3.05, 3.63) is 24.3 Å². The van der Waals surface area contributed by atoms with E-state index >= 15 is 0 Å². The number of aliphatic hydroxyl groups excluding tert-OH is 3. The normalized spacial score (nSPS) is 20.3. The molecular formula is C47H86O12S. The highest BCUT2D eigenvalue weighted by Crippen LogP contribution is 2.24. The Morgan fingerprint density at radius 3 is 1.38 bits per heavy atom. The van der Waals surface area contributed by atoms with Crippen LogP contribution >= 0.6 is 0 Å². The third-order valence-electron chi connectivity index (χ3n) is 11.0. The molecule has 352 valence electrons. The quantitative estimate of drug-likeness (QED) is 0.0198.